The Kier molecular flexibility index (Phi) is 5.70. The van der Waals surface area contributed by atoms with E-state index in [1.165, 1.54) is 11.3 Å². The van der Waals surface area contributed by atoms with Gasteiger partial charge in [0.2, 0.25) is 0 Å². The molecule has 2 fully saturated rings. The molecule has 1 spiro atoms. The van der Waals surface area contributed by atoms with E-state index in [0.29, 0.717) is 44.1 Å². The first-order valence-electron chi connectivity index (χ1n) is 9.40. The molecule has 0 radical (unpaired) electrons. The number of ether oxygens (including phenoxy) is 1. The van der Waals surface area contributed by atoms with Crippen molar-refractivity contribution in [1.29, 1.82) is 0 Å². The first kappa shape index (κ1) is 18.9. The summed E-state index contributed by atoms with van der Waals surface area (Å²) < 4.78 is 5.77. The largest absolute Gasteiger partial charge is 0.441 e. The number of anilines is 1. The molecular weight excluding hydrogens is 352 g/mol. The van der Waals surface area contributed by atoms with Gasteiger partial charge in [-0.3, -0.25) is 4.79 Å². The summed E-state index contributed by atoms with van der Waals surface area (Å²) in [6.07, 6.45) is 3.31. The van der Waals surface area contributed by atoms with Gasteiger partial charge >= 0.3 is 6.09 Å². The number of carbonyl (C=O) groups is 2. The Balaban J connectivity index is 1.57. The fourth-order valence-corrected chi connectivity index (χ4v) is 4.36. The average molecular weight is 381 g/mol. The molecule has 1 aromatic rings. The van der Waals surface area contributed by atoms with Gasteiger partial charge in [0.25, 0.3) is 5.91 Å². The molecule has 3 rings (SSSR count). The van der Waals surface area contributed by atoms with Gasteiger partial charge in [-0.2, -0.15) is 0 Å². The third-order valence-corrected chi connectivity index (χ3v) is 6.43. The fourth-order valence-electron chi connectivity index (χ4n) is 3.72. The molecule has 2 saturated heterocycles. The molecule has 26 heavy (non-hydrogen) atoms. The highest BCUT2D eigenvalue weighted by Gasteiger charge is 2.47. The van der Waals surface area contributed by atoms with Gasteiger partial charge in [-0.05, 0) is 5.92 Å². The monoisotopic (exact) mass is 380 g/mol. The van der Waals surface area contributed by atoms with Gasteiger partial charge in [0.1, 0.15) is 11.3 Å². The van der Waals surface area contributed by atoms with Crippen LogP contribution in [0.3, 0.4) is 0 Å². The summed E-state index contributed by atoms with van der Waals surface area (Å²) in [4.78, 5) is 32.9. The number of amides is 2. The van der Waals surface area contributed by atoms with E-state index in [2.05, 4.69) is 24.1 Å². The highest BCUT2D eigenvalue weighted by Crippen LogP contribution is 2.34. The minimum absolute atomic E-state index is 0.0455. The maximum Gasteiger partial charge on any atom is 0.410 e. The predicted octanol–water partition coefficient (Wildman–Crippen LogP) is 3.05. The van der Waals surface area contributed by atoms with Crippen LogP contribution in [-0.2, 0) is 4.74 Å². The molecule has 0 atom stereocenters. The molecular formula is C18H28N4O3S. The molecule has 0 saturated carbocycles. The van der Waals surface area contributed by atoms with Gasteiger partial charge in [0.15, 0.2) is 5.13 Å². The van der Waals surface area contributed by atoms with Gasteiger partial charge in [-0.1, -0.05) is 26.7 Å². The van der Waals surface area contributed by atoms with E-state index in [0.717, 1.165) is 24.5 Å². The Hall–Kier alpha value is -1.83. The first-order chi connectivity index (χ1) is 12.5. The number of likely N-dealkylation sites (tertiary alicyclic amines) is 1. The number of carbonyl (C=O) groups excluding carboxylic acids is 2. The van der Waals surface area contributed by atoms with Crippen molar-refractivity contribution in [2.45, 2.75) is 45.1 Å². The summed E-state index contributed by atoms with van der Waals surface area (Å²) in [7, 11) is 1.79. The normalized spacial score (nSPS) is 19.3. The molecule has 144 valence electrons. The standard InChI is InChI=1S/C18H28N4O3S/c1-4-13(5-2)10-22-12-18(25-17(22)24)6-8-21(9-7-18)15(23)14-11-26-16(19-3)20-14/h11,13H,4-10,12H2,1-3H3,(H,19,20). The van der Waals surface area contributed by atoms with Crippen molar-refractivity contribution in [3.63, 3.8) is 0 Å². The highest BCUT2D eigenvalue weighted by atomic mass is 32.1. The molecule has 2 aliphatic heterocycles. The van der Waals surface area contributed by atoms with Crippen LogP contribution in [0.2, 0.25) is 0 Å². The molecule has 3 heterocycles. The van der Waals surface area contributed by atoms with Crippen LogP contribution in [0, 0.1) is 5.92 Å². The third-order valence-electron chi connectivity index (χ3n) is 5.57. The van der Waals surface area contributed by atoms with E-state index in [9.17, 15) is 9.59 Å². The number of aromatic nitrogens is 1. The van der Waals surface area contributed by atoms with Crippen molar-refractivity contribution in [3.05, 3.63) is 11.1 Å². The number of nitrogens with zero attached hydrogens (tertiary/aromatic N) is 3. The number of nitrogens with one attached hydrogen (secondary N) is 1. The van der Waals surface area contributed by atoms with Crippen LogP contribution in [0.15, 0.2) is 5.38 Å². The van der Waals surface area contributed by atoms with Crippen LogP contribution < -0.4 is 5.32 Å². The summed E-state index contributed by atoms with van der Waals surface area (Å²) >= 11 is 1.43. The predicted molar refractivity (Wildman–Crippen MR) is 102 cm³/mol. The number of rotatable bonds is 6. The fraction of sp³-hybridized carbons (Fsp3) is 0.722. The highest BCUT2D eigenvalue weighted by molar-refractivity contribution is 7.13. The first-order valence-corrected chi connectivity index (χ1v) is 10.3. The average Bonchev–Trinajstić information content (AvgIpc) is 3.25. The lowest BCUT2D eigenvalue weighted by Crippen LogP contribution is -2.49. The topological polar surface area (TPSA) is 74.8 Å². The Morgan fingerprint density at radius 2 is 2.08 bits per heavy atom. The van der Waals surface area contributed by atoms with Crippen molar-refractivity contribution in [2.75, 3.05) is 38.5 Å². The van der Waals surface area contributed by atoms with Crippen molar-refractivity contribution in [3.8, 4) is 0 Å². The zero-order chi connectivity index (χ0) is 18.7. The van der Waals surface area contributed by atoms with Crippen LogP contribution in [0.25, 0.3) is 0 Å². The summed E-state index contributed by atoms with van der Waals surface area (Å²) in [6.45, 7) is 6.92. The SMILES string of the molecule is CCC(CC)CN1CC2(CCN(C(=O)c3csc(NC)n3)CC2)OC1=O. The van der Waals surface area contributed by atoms with Gasteiger partial charge < -0.3 is 19.9 Å². The second kappa shape index (κ2) is 7.82. The number of piperidine rings is 1. The van der Waals surface area contributed by atoms with Gasteiger partial charge in [-0.15, -0.1) is 11.3 Å². The number of thiazole rings is 1. The summed E-state index contributed by atoms with van der Waals surface area (Å²) in [5.41, 5.74) is 0.0482. The molecule has 0 aliphatic carbocycles. The lowest BCUT2D eigenvalue weighted by molar-refractivity contribution is 0.00297. The lowest BCUT2D eigenvalue weighted by Gasteiger charge is -2.37. The Bertz CT molecular complexity index is 651. The smallest absolute Gasteiger partial charge is 0.410 e. The lowest BCUT2D eigenvalue weighted by atomic mass is 9.91. The van der Waals surface area contributed by atoms with Crippen LogP contribution in [0.4, 0.5) is 9.93 Å². The molecule has 0 bridgehead atoms. The quantitative estimate of drug-likeness (QED) is 0.821. The van der Waals surface area contributed by atoms with Crippen LogP contribution in [0.5, 0.6) is 0 Å². The minimum atomic E-state index is -0.432. The van der Waals surface area contributed by atoms with E-state index in [4.69, 9.17) is 4.74 Å². The summed E-state index contributed by atoms with van der Waals surface area (Å²) in [5.74, 6) is 0.473. The van der Waals surface area contributed by atoms with E-state index < -0.39 is 5.60 Å². The zero-order valence-electron chi connectivity index (χ0n) is 15.8. The molecule has 8 heteroatoms. The van der Waals surface area contributed by atoms with Crippen molar-refractivity contribution >= 4 is 28.5 Å². The molecule has 2 aliphatic rings. The van der Waals surface area contributed by atoms with E-state index in [1.807, 2.05) is 9.80 Å². The van der Waals surface area contributed by atoms with Gasteiger partial charge in [-0.25, -0.2) is 9.78 Å². The molecule has 1 aromatic heterocycles. The second-order valence-corrected chi connectivity index (χ2v) is 8.05. The maximum absolute atomic E-state index is 12.6. The Morgan fingerprint density at radius 3 is 2.65 bits per heavy atom. The maximum atomic E-state index is 12.6. The Labute approximate surface area is 158 Å². The zero-order valence-corrected chi connectivity index (χ0v) is 16.6. The molecule has 2 amide bonds. The molecule has 0 aromatic carbocycles. The van der Waals surface area contributed by atoms with Gasteiger partial charge in [0.05, 0.1) is 6.54 Å². The van der Waals surface area contributed by atoms with Crippen molar-refractivity contribution in [2.24, 2.45) is 5.92 Å². The minimum Gasteiger partial charge on any atom is -0.441 e. The third kappa shape index (κ3) is 3.79. The summed E-state index contributed by atoms with van der Waals surface area (Å²) in [5, 5.41) is 5.48. The number of hydrogen-bond acceptors (Lipinski definition) is 6. The molecule has 1 N–H and O–H groups in total. The van der Waals surface area contributed by atoms with Crippen molar-refractivity contribution in [1.82, 2.24) is 14.8 Å². The Morgan fingerprint density at radius 1 is 1.38 bits per heavy atom. The van der Waals surface area contributed by atoms with Crippen molar-refractivity contribution < 1.29 is 14.3 Å². The number of hydrogen-bond donors (Lipinski definition) is 1. The van der Waals surface area contributed by atoms with E-state index in [1.54, 1.807) is 12.4 Å². The summed E-state index contributed by atoms with van der Waals surface area (Å²) in [6, 6.07) is 0. The second-order valence-electron chi connectivity index (χ2n) is 7.19. The molecule has 7 nitrogen and oxygen atoms in total. The van der Waals surface area contributed by atoms with Crippen LogP contribution >= 0.6 is 11.3 Å². The van der Waals surface area contributed by atoms with Gasteiger partial charge in [0, 0.05) is 44.9 Å². The molecule has 0 unspecified atom stereocenters. The van der Waals surface area contributed by atoms with Crippen LogP contribution in [0.1, 0.15) is 50.0 Å². The van der Waals surface area contributed by atoms with E-state index >= 15 is 0 Å². The van der Waals surface area contributed by atoms with E-state index in [-0.39, 0.29) is 12.0 Å². The van der Waals surface area contributed by atoms with Crippen LogP contribution in [-0.4, -0.2) is 65.6 Å².